The largest absolute Gasteiger partial charge is 0.490 e. The van der Waals surface area contributed by atoms with Gasteiger partial charge in [-0.05, 0) is 41.4 Å². The van der Waals surface area contributed by atoms with E-state index < -0.39 is 5.97 Å². The molecule has 20 heavy (non-hydrogen) atoms. The van der Waals surface area contributed by atoms with E-state index in [1.165, 1.54) is 12.1 Å². The van der Waals surface area contributed by atoms with Crippen molar-refractivity contribution in [2.75, 3.05) is 26.4 Å². The first-order valence-corrected chi connectivity index (χ1v) is 7.29. The minimum absolute atomic E-state index is 0.148. The molecule has 0 radical (unpaired) electrons. The number of rotatable bonds is 9. The lowest BCUT2D eigenvalue weighted by Crippen LogP contribution is -2.09. The minimum atomic E-state index is -1.01. The smallest absolute Gasteiger partial charge is 0.335 e. The average molecular weight is 347 g/mol. The molecule has 0 atom stereocenters. The number of hydrogen-bond donors (Lipinski definition) is 1. The summed E-state index contributed by atoms with van der Waals surface area (Å²) in [7, 11) is 0. The molecule has 6 heteroatoms. The third kappa shape index (κ3) is 5.02. The van der Waals surface area contributed by atoms with Crippen molar-refractivity contribution in [1.29, 1.82) is 0 Å². The highest BCUT2D eigenvalue weighted by Gasteiger charge is 2.15. The van der Waals surface area contributed by atoms with Gasteiger partial charge in [0.05, 0.1) is 23.2 Å². The van der Waals surface area contributed by atoms with Gasteiger partial charge in [-0.2, -0.15) is 0 Å². The monoisotopic (exact) mass is 346 g/mol. The summed E-state index contributed by atoms with van der Waals surface area (Å²) >= 11 is 3.31. The van der Waals surface area contributed by atoms with Crippen LogP contribution in [-0.4, -0.2) is 37.5 Å². The molecule has 1 aromatic rings. The van der Waals surface area contributed by atoms with Crippen LogP contribution in [0.1, 0.15) is 30.6 Å². The van der Waals surface area contributed by atoms with Crippen molar-refractivity contribution in [3.63, 3.8) is 0 Å². The number of carbonyl (C=O) groups is 1. The van der Waals surface area contributed by atoms with Gasteiger partial charge in [-0.1, -0.05) is 6.92 Å². The molecule has 0 heterocycles. The summed E-state index contributed by atoms with van der Waals surface area (Å²) in [6, 6.07) is 2.95. The summed E-state index contributed by atoms with van der Waals surface area (Å²) in [5, 5.41) is 9.03. The zero-order chi connectivity index (χ0) is 15.0. The fourth-order valence-electron chi connectivity index (χ4n) is 1.54. The Bertz CT molecular complexity index is 447. The van der Waals surface area contributed by atoms with Gasteiger partial charge in [0.1, 0.15) is 6.61 Å². The summed E-state index contributed by atoms with van der Waals surface area (Å²) < 4.78 is 16.9. The number of halogens is 1. The molecular weight excluding hydrogens is 328 g/mol. The summed E-state index contributed by atoms with van der Waals surface area (Å²) in [5.41, 5.74) is 0.148. The summed E-state index contributed by atoms with van der Waals surface area (Å²) in [6.45, 7) is 5.85. The molecule has 0 saturated carbocycles. The molecule has 0 fully saturated rings. The Morgan fingerprint density at radius 3 is 2.55 bits per heavy atom. The molecule has 0 aliphatic heterocycles. The second kappa shape index (κ2) is 8.81. The van der Waals surface area contributed by atoms with E-state index in [4.69, 9.17) is 19.3 Å². The first kappa shape index (κ1) is 16.8. The van der Waals surface area contributed by atoms with E-state index in [1.54, 1.807) is 0 Å². The van der Waals surface area contributed by atoms with Crippen LogP contribution in [-0.2, 0) is 4.74 Å². The van der Waals surface area contributed by atoms with E-state index in [2.05, 4.69) is 15.9 Å². The average Bonchev–Trinajstić information content (AvgIpc) is 2.40. The number of carboxylic acids is 1. The minimum Gasteiger partial charge on any atom is -0.490 e. The molecule has 0 aromatic heterocycles. The Morgan fingerprint density at radius 2 is 1.95 bits per heavy atom. The quantitative estimate of drug-likeness (QED) is 0.694. The lowest BCUT2D eigenvalue weighted by Gasteiger charge is -2.14. The standard InChI is InChI=1S/C14H19BrO5/c1-3-5-18-6-7-20-13-11(15)8-10(14(16)17)9-12(13)19-4-2/h8-9H,3-7H2,1-2H3,(H,16,17). The molecule has 0 unspecified atom stereocenters. The van der Waals surface area contributed by atoms with Crippen molar-refractivity contribution in [3.05, 3.63) is 22.2 Å². The second-order valence-electron chi connectivity index (χ2n) is 3.98. The fraction of sp³-hybridized carbons (Fsp3) is 0.500. The van der Waals surface area contributed by atoms with Crippen LogP contribution < -0.4 is 9.47 Å². The van der Waals surface area contributed by atoms with Crippen molar-refractivity contribution in [1.82, 2.24) is 0 Å². The van der Waals surface area contributed by atoms with Gasteiger partial charge in [-0.3, -0.25) is 0 Å². The van der Waals surface area contributed by atoms with Crippen LogP contribution in [0, 0.1) is 0 Å². The van der Waals surface area contributed by atoms with Gasteiger partial charge in [0, 0.05) is 6.61 Å². The van der Waals surface area contributed by atoms with Crippen molar-refractivity contribution in [2.45, 2.75) is 20.3 Å². The van der Waals surface area contributed by atoms with Gasteiger partial charge >= 0.3 is 5.97 Å². The maximum atomic E-state index is 11.0. The van der Waals surface area contributed by atoms with Gasteiger partial charge < -0.3 is 19.3 Å². The van der Waals surface area contributed by atoms with E-state index >= 15 is 0 Å². The van der Waals surface area contributed by atoms with Crippen LogP contribution >= 0.6 is 15.9 Å². The third-order valence-corrected chi connectivity index (χ3v) is 2.97. The predicted octanol–water partition coefficient (Wildman–Crippen LogP) is 3.35. The highest BCUT2D eigenvalue weighted by molar-refractivity contribution is 9.10. The normalized spacial score (nSPS) is 10.3. The number of aromatic carboxylic acids is 1. The molecule has 1 N–H and O–H groups in total. The third-order valence-electron chi connectivity index (χ3n) is 2.38. The number of benzene rings is 1. The fourth-order valence-corrected chi connectivity index (χ4v) is 2.10. The van der Waals surface area contributed by atoms with E-state index in [0.29, 0.717) is 42.4 Å². The zero-order valence-electron chi connectivity index (χ0n) is 11.6. The number of ether oxygens (including phenoxy) is 3. The lowest BCUT2D eigenvalue weighted by molar-refractivity contribution is 0.0696. The van der Waals surface area contributed by atoms with Gasteiger partial charge in [0.25, 0.3) is 0 Å². The number of carboxylic acid groups (broad SMARTS) is 1. The van der Waals surface area contributed by atoms with Gasteiger partial charge in [-0.25, -0.2) is 4.79 Å². The molecule has 0 aliphatic rings. The molecular formula is C14H19BrO5. The maximum absolute atomic E-state index is 11.0. The molecule has 1 aromatic carbocycles. The Morgan fingerprint density at radius 1 is 1.20 bits per heavy atom. The first-order valence-electron chi connectivity index (χ1n) is 6.50. The Balaban J connectivity index is 2.79. The molecule has 0 amide bonds. The molecule has 0 spiro atoms. The summed E-state index contributed by atoms with van der Waals surface area (Å²) in [5.74, 6) is -0.101. The highest BCUT2D eigenvalue weighted by Crippen LogP contribution is 2.36. The Kier molecular flexibility index (Phi) is 7.40. The lowest BCUT2D eigenvalue weighted by atomic mass is 10.2. The van der Waals surface area contributed by atoms with Gasteiger partial charge in [-0.15, -0.1) is 0 Å². The van der Waals surface area contributed by atoms with Crippen LogP contribution in [0.5, 0.6) is 11.5 Å². The molecule has 0 bridgehead atoms. The van der Waals surface area contributed by atoms with Crippen LogP contribution in [0.3, 0.4) is 0 Å². The van der Waals surface area contributed by atoms with Crippen molar-refractivity contribution < 1.29 is 24.1 Å². The van der Waals surface area contributed by atoms with Crippen LogP contribution in [0.2, 0.25) is 0 Å². The maximum Gasteiger partial charge on any atom is 0.335 e. The molecule has 1 rings (SSSR count). The van der Waals surface area contributed by atoms with Crippen LogP contribution in [0.15, 0.2) is 16.6 Å². The van der Waals surface area contributed by atoms with E-state index in [1.807, 2.05) is 13.8 Å². The van der Waals surface area contributed by atoms with Crippen molar-refractivity contribution in [2.24, 2.45) is 0 Å². The van der Waals surface area contributed by atoms with Gasteiger partial charge in [0.15, 0.2) is 11.5 Å². The first-order chi connectivity index (χ1) is 9.60. The predicted molar refractivity (Wildman–Crippen MR) is 78.9 cm³/mol. The zero-order valence-corrected chi connectivity index (χ0v) is 13.2. The van der Waals surface area contributed by atoms with Crippen molar-refractivity contribution in [3.8, 4) is 11.5 Å². The Hall–Kier alpha value is -1.27. The van der Waals surface area contributed by atoms with E-state index in [0.717, 1.165) is 6.42 Å². The molecule has 112 valence electrons. The van der Waals surface area contributed by atoms with E-state index in [-0.39, 0.29) is 5.56 Å². The van der Waals surface area contributed by atoms with Crippen LogP contribution in [0.4, 0.5) is 0 Å². The SMILES string of the molecule is CCCOCCOc1c(Br)cc(C(=O)O)cc1OCC. The highest BCUT2D eigenvalue weighted by atomic mass is 79.9. The van der Waals surface area contributed by atoms with E-state index in [9.17, 15) is 4.79 Å². The summed E-state index contributed by atoms with van der Waals surface area (Å²) in [6.07, 6.45) is 0.960. The van der Waals surface area contributed by atoms with Crippen LogP contribution in [0.25, 0.3) is 0 Å². The second-order valence-corrected chi connectivity index (χ2v) is 4.84. The Labute approximate surface area is 127 Å². The summed E-state index contributed by atoms with van der Waals surface area (Å²) in [4.78, 5) is 11.0. The molecule has 0 saturated heterocycles. The molecule has 0 aliphatic carbocycles. The topological polar surface area (TPSA) is 65.0 Å². The van der Waals surface area contributed by atoms with Crippen molar-refractivity contribution >= 4 is 21.9 Å². The molecule has 5 nitrogen and oxygen atoms in total. The van der Waals surface area contributed by atoms with Gasteiger partial charge in [0.2, 0.25) is 0 Å². The number of hydrogen-bond acceptors (Lipinski definition) is 4.